The van der Waals surface area contributed by atoms with E-state index < -0.39 is 34.3 Å². The Morgan fingerprint density at radius 1 is 1.03 bits per heavy atom. The first-order chi connectivity index (χ1) is 18.6. The number of anilines is 1. The first-order valence-corrected chi connectivity index (χ1v) is 14.1. The minimum Gasteiger partial charge on any atom is -0.495 e. The Balaban J connectivity index is 2.07. The lowest BCUT2D eigenvalue weighted by Crippen LogP contribution is -2.51. The first-order valence-electron chi connectivity index (χ1n) is 12.6. The lowest BCUT2D eigenvalue weighted by molar-refractivity contribution is -0.139. The van der Waals surface area contributed by atoms with Crippen LogP contribution < -0.4 is 14.4 Å². The summed E-state index contributed by atoms with van der Waals surface area (Å²) in [6.45, 7) is 5.10. The Labute approximate surface area is 229 Å². The van der Waals surface area contributed by atoms with Crippen molar-refractivity contribution in [3.05, 3.63) is 89.7 Å². The van der Waals surface area contributed by atoms with E-state index >= 15 is 0 Å². The molecule has 10 heteroatoms. The molecular weight excluding hydrogens is 521 g/mol. The first kappa shape index (κ1) is 29.6. The number of methoxy groups -OCH3 is 1. The summed E-state index contributed by atoms with van der Waals surface area (Å²) in [6.07, 6.45) is 0.709. The van der Waals surface area contributed by atoms with Gasteiger partial charge >= 0.3 is 0 Å². The van der Waals surface area contributed by atoms with E-state index in [4.69, 9.17) is 4.74 Å². The Hall–Kier alpha value is -3.92. The SMILES string of the molecule is CCCNC(=O)C(C)N(Cc1ccc(F)cc1)C(=O)CN(c1cc(C)ccc1OC)S(=O)(=O)c1ccccc1. The predicted molar refractivity (Wildman–Crippen MR) is 148 cm³/mol. The molecule has 1 unspecified atom stereocenters. The summed E-state index contributed by atoms with van der Waals surface area (Å²) in [4.78, 5) is 28.1. The number of ether oxygens (including phenoxy) is 1. The van der Waals surface area contributed by atoms with E-state index in [9.17, 15) is 22.4 Å². The number of amides is 2. The van der Waals surface area contributed by atoms with Crippen molar-refractivity contribution in [1.29, 1.82) is 0 Å². The normalized spacial score (nSPS) is 11.9. The van der Waals surface area contributed by atoms with Gasteiger partial charge in [-0.2, -0.15) is 0 Å². The number of carbonyl (C=O) groups excluding carboxylic acids is 2. The molecule has 3 aromatic carbocycles. The van der Waals surface area contributed by atoms with Crippen LogP contribution in [-0.4, -0.2) is 51.4 Å². The summed E-state index contributed by atoms with van der Waals surface area (Å²) in [5.74, 6) is -1.15. The molecule has 0 bridgehead atoms. The van der Waals surface area contributed by atoms with Crippen LogP contribution >= 0.6 is 0 Å². The lowest BCUT2D eigenvalue weighted by Gasteiger charge is -2.32. The van der Waals surface area contributed by atoms with Crippen LogP contribution in [-0.2, 0) is 26.2 Å². The van der Waals surface area contributed by atoms with Crippen LogP contribution in [0.25, 0.3) is 0 Å². The molecule has 0 aromatic heterocycles. The molecule has 3 rings (SSSR count). The molecule has 208 valence electrons. The van der Waals surface area contributed by atoms with Crippen LogP contribution in [0, 0.1) is 12.7 Å². The minimum absolute atomic E-state index is 0.000168. The van der Waals surface area contributed by atoms with Gasteiger partial charge in [0, 0.05) is 13.1 Å². The van der Waals surface area contributed by atoms with Crippen molar-refractivity contribution in [2.45, 2.75) is 44.7 Å². The molecule has 3 aromatic rings. The molecular formula is C29H34FN3O5S. The molecule has 0 heterocycles. The number of rotatable bonds is 12. The van der Waals surface area contributed by atoms with Gasteiger partial charge in [-0.15, -0.1) is 0 Å². The van der Waals surface area contributed by atoms with Gasteiger partial charge in [0.2, 0.25) is 11.8 Å². The van der Waals surface area contributed by atoms with Crippen LogP contribution in [0.5, 0.6) is 5.75 Å². The monoisotopic (exact) mass is 555 g/mol. The quantitative estimate of drug-likeness (QED) is 0.360. The van der Waals surface area contributed by atoms with Gasteiger partial charge in [0.25, 0.3) is 10.0 Å². The van der Waals surface area contributed by atoms with E-state index in [1.807, 2.05) is 6.92 Å². The molecule has 0 saturated heterocycles. The molecule has 0 aliphatic carbocycles. The van der Waals surface area contributed by atoms with E-state index in [1.165, 1.54) is 48.4 Å². The molecule has 0 aliphatic rings. The van der Waals surface area contributed by atoms with Crippen molar-refractivity contribution in [2.75, 3.05) is 24.5 Å². The van der Waals surface area contributed by atoms with Gasteiger partial charge < -0.3 is 15.0 Å². The molecule has 8 nitrogen and oxygen atoms in total. The topological polar surface area (TPSA) is 96.0 Å². The highest BCUT2D eigenvalue weighted by atomic mass is 32.2. The van der Waals surface area contributed by atoms with E-state index in [1.54, 1.807) is 50.2 Å². The molecule has 2 amide bonds. The zero-order valence-electron chi connectivity index (χ0n) is 22.6. The Kier molecular flexibility index (Phi) is 10.1. The molecule has 0 spiro atoms. The third kappa shape index (κ3) is 7.35. The standard InChI is InChI=1S/C29H34FN3O5S/c1-5-17-31-29(35)22(3)32(19-23-12-14-24(30)15-13-23)28(34)20-33(26-18-21(2)11-16-27(26)38-4)39(36,37)25-9-7-6-8-10-25/h6-16,18,22H,5,17,19-20H2,1-4H3,(H,31,35). The number of nitrogens with one attached hydrogen (secondary N) is 1. The second kappa shape index (κ2) is 13.2. The number of halogens is 1. The van der Waals surface area contributed by atoms with Gasteiger partial charge in [0.05, 0.1) is 17.7 Å². The van der Waals surface area contributed by atoms with Crippen molar-refractivity contribution in [1.82, 2.24) is 10.2 Å². The summed E-state index contributed by atoms with van der Waals surface area (Å²) in [7, 11) is -2.79. The molecule has 0 fully saturated rings. The Morgan fingerprint density at radius 3 is 2.31 bits per heavy atom. The van der Waals surface area contributed by atoms with E-state index in [-0.39, 0.29) is 28.8 Å². The maximum Gasteiger partial charge on any atom is 0.264 e. The zero-order chi connectivity index (χ0) is 28.6. The zero-order valence-corrected chi connectivity index (χ0v) is 23.4. The third-order valence-corrected chi connectivity index (χ3v) is 7.97. The number of hydrogen-bond donors (Lipinski definition) is 1. The third-order valence-electron chi connectivity index (χ3n) is 6.20. The van der Waals surface area contributed by atoms with Crippen molar-refractivity contribution in [3.8, 4) is 5.75 Å². The predicted octanol–water partition coefficient (Wildman–Crippen LogP) is 4.28. The number of hydrogen-bond acceptors (Lipinski definition) is 5. The van der Waals surface area contributed by atoms with Gasteiger partial charge in [0.15, 0.2) is 0 Å². The summed E-state index contributed by atoms with van der Waals surface area (Å²) >= 11 is 0. The highest BCUT2D eigenvalue weighted by Crippen LogP contribution is 2.33. The smallest absolute Gasteiger partial charge is 0.264 e. The van der Waals surface area contributed by atoms with Crippen LogP contribution in [0.1, 0.15) is 31.4 Å². The summed E-state index contributed by atoms with van der Waals surface area (Å²) < 4.78 is 47.8. The fraction of sp³-hybridized carbons (Fsp3) is 0.310. The van der Waals surface area contributed by atoms with Crippen LogP contribution in [0.2, 0.25) is 0 Å². The van der Waals surface area contributed by atoms with Gasteiger partial charge in [-0.3, -0.25) is 13.9 Å². The fourth-order valence-electron chi connectivity index (χ4n) is 3.99. The highest BCUT2D eigenvalue weighted by molar-refractivity contribution is 7.92. The molecule has 1 N–H and O–H groups in total. The van der Waals surface area contributed by atoms with Gasteiger partial charge in [-0.05, 0) is 67.8 Å². The van der Waals surface area contributed by atoms with Crippen molar-refractivity contribution in [2.24, 2.45) is 0 Å². The molecule has 0 radical (unpaired) electrons. The van der Waals surface area contributed by atoms with E-state index in [0.717, 1.165) is 9.87 Å². The average Bonchev–Trinajstić information content (AvgIpc) is 2.94. The number of benzene rings is 3. The molecule has 0 saturated carbocycles. The summed E-state index contributed by atoms with van der Waals surface area (Å²) in [5, 5.41) is 2.78. The minimum atomic E-state index is -4.21. The van der Waals surface area contributed by atoms with E-state index in [0.29, 0.717) is 18.5 Å². The molecule has 39 heavy (non-hydrogen) atoms. The number of carbonyl (C=O) groups is 2. The fourth-order valence-corrected chi connectivity index (χ4v) is 5.43. The number of sulfonamides is 1. The Morgan fingerprint density at radius 2 is 1.69 bits per heavy atom. The summed E-state index contributed by atoms with van der Waals surface area (Å²) in [5.41, 5.74) is 1.55. The van der Waals surface area contributed by atoms with Crippen molar-refractivity contribution < 1.29 is 27.1 Å². The van der Waals surface area contributed by atoms with Crippen LogP contribution in [0.3, 0.4) is 0 Å². The highest BCUT2D eigenvalue weighted by Gasteiger charge is 2.33. The van der Waals surface area contributed by atoms with Gasteiger partial charge in [-0.25, -0.2) is 12.8 Å². The van der Waals surface area contributed by atoms with Gasteiger partial charge in [0.1, 0.15) is 24.2 Å². The van der Waals surface area contributed by atoms with Crippen LogP contribution in [0.15, 0.2) is 77.7 Å². The maximum absolute atomic E-state index is 13.9. The van der Waals surface area contributed by atoms with Gasteiger partial charge in [-0.1, -0.05) is 43.3 Å². The second-order valence-corrected chi connectivity index (χ2v) is 11.0. The second-order valence-electron chi connectivity index (χ2n) is 9.12. The maximum atomic E-state index is 13.9. The van der Waals surface area contributed by atoms with Crippen molar-refractivity contribution in [3.63, 3.8) is 0 Å². The number of aryl methyl sites for hydroxylation is 1. The average molecular weight is 556 g/mol. The lowest BCUT2D eigenvalue weighted by atomic mass is 10.1. The molecule has 1 atom stereocenters. The van der Waals surface area contributed by atoms with Crippen molar-refractivity contribution >= 4 is 27.5 Å². The summed E-state index contributed by atoms with van der Waals surface area (Å²) in [6, 6.07) is 17.5. The Bertz CT molecular complexity index is 1380. The largest absolute Gasteiger partial charge is 0.495 e. The van der Waals surface area contributed by atoms with Crippen LogP contribution in [0.4, 0.5) is 10.1 Å². The molecule has 0 aliphatic heterocycles. The van der Waals surface area contributed by atoms with E-state index in [2.05, 4.69) is 5.32 Å². The number of nitrogens with zero attached hydrogens (tertiary/aromatic N) is 2.